The Labute approximate surface area is 136 Å². The number of hydrogen-bond acceptors (Lipinski definition) is 2. The van der Waals surface area contributed by atoms with Gasteiger partial charge in [-0.3, -0.25) is 4.79 Å². The molecule has 23 heavy (non-hydrogen) atoms. The van der Waals surface area contributed by atoms with E-state index in [1.165, 1.54) is 16.7 Å². The fourth-order valence-corrected chi connectivity index (χ4v) is 3.94. The Balaban J connectivity index is 1.70. The van der Waals surface area contributed by atoms with Crippen LogP contribution in [0.4, 0.5) is 0 Å². The highest BCUT2D eigenvalue weighted by Crippen LogP contribution is 2.51. The zero-order chi connectivity index (χ0) is 15.9. The molecule has 2 aliphatic heterocycles. The van der Waals surface area contributed by atoms with Crippen molar-refractivity contribution >= 4 is 5.91 Å². The Morgan fingerprint density at radius 2 is 1.70 bits per heavy atom. The van der Waals surface area contributed by atoms with Crippen LogP contribution in [0, 0.1) is 0 Å². The standard InChI is InChI=1S/C20H21NO2/c1-15(22)21-13-11-20(12-14-21)18-10-6-5-9-17(18)19(23-20)16-7-3-2-4-8-16/h2-10,19H,11-14H2,1H3. The lowest BCUT2D eigenvalue weighted by atomic mass is 9.83. The van der Waals surface area contributed by atoms with Crippen molar-refractivity contribution in [3.8, 4) is 0 Å². The van der Waals surface area contributed by atoms with Crippen molar-refractivity contribution in [3.63, 3.8) is 0 Å². The summed E-state index contributed by atoms with van der Waals surface area (Å²) in [5.74, 6) is 0.158. The topological polar surface area (TPSA) is 29.5 Å². The second-order valence-electron chi connectivity index (χ2n) is 6.50. The Morgan fingerprint density at radius 1 is 1.04 bits per heavy atom. The molecule has 1 atom stereocenters. The molecule has 1 saturated heterocycles. The van der Waals surface area contributed by atoms with Gasteiger partial charge in [0.25, 0.3) is 0 Å². The monoisotopic (exact) mass is 307 g/mol. The van der Waals surface area contributed by atoms with Crippen molar-refractivity contribution in [1.82, 2.24) is 4.90 Å². The second kappa shape index (κ2) is 5.50. The van der Waals surface area contributed by atoms with Gasteiger partial charge in [0.2, 0.25) is 5.91 Å². The van der Waals surface area contributed by atoms with Gasteiger partial charge in [-0.25, -0.2) is 0 Å². The Bertz CT molecular complexity index is 717. The molecule has 1 unspecified atom stereocenters. The van der Waals surface area contributed by atoms with Crippen LogP contribution in [-0.2, 0) is 15.1 Å². The minimum atomic E-state index is -0.247. The fourth-order valence-electron chi connectivity index (χ4n) is 3.94. The number of amides is 1. The van der Waals surface area contributed by atoms with Crippen LogP contribution in [0.2, 0.25) is 0 Å². The van der Waals surface area contributed by atoms with Crippen LogP contribution in [0.5, 0.6) is 0 Å². The summed E-state index contributed by atoms with van der Waals surface area (Å²) in [6.45, 7) is 3.19. The Hall–Kier alpha value is -2.13. The van der Waals surface area contributed by atoms with E-state index in [1.54, 1.807) is 6.92 Å². The van der Waals surface area contributed by atoms with Crippen LogP contribution >= 0.6 is 0 Å². The van der Waals surface area contributed by atoms with Crippen LogP contribution in [0.3, 0.4) is 0 Å². The molecule has 2 heterocycles. The molecule has 0 aliphatic carbocycles. The molecule has 1 fully saturated rings. The molecule has 4 rings (SSSR count). The van der Waals surface area contributed by atoms with Crippen molar-refractivity contribution in [3.05, 3.63) is 71.3 Å². The average Bonchev–Trinajstić information content (AvgIpc) is 2.91. The van der Waals surface area contributed by atoms with Crippen LogP contribution in [0.1, 0.15) is 42.6 Å². The second-order valence-corrected chi connectivity index (χ2v) is 6.50. The minimum Gasteiger partial charge on any atom is -0.357 e. The SMILES string of the molecule is CC(=O)N1CCC2(CC1)OC(c1ccccc1)c1ccccc12. The van der Waals surface area contributed by atoms with Crippen molar-refractivity contribution in [2.45, 2.75) is 31.5 Å². The van der Waals surface area contributed by atoms with Gasteiger partial charge in [0, 0.05) is 20.0 Å². The summed E-state index contributed by atoms with van der Waals surface area (Å²) in [6, 6.07) is 19.0. The first kappa shape index (κ1) is 14.5. The van der Waals surface area contributed by atoms with Gasteiger partial charge in [-0.05, 0) is 29.5 Å². The number of carbonyl (C=O) groups excluding carboxylic acids is 1. The maximum atomic E-state index is 11.6. The smallest absolute Gasteiger partial charge is 0.219 e. The molecule has 2 aromatic rings. The van der Waals surface area contributed by atoms with Gasteiger partial charge >= 0.3 is 0 Å². The number of rotatable bonds is 1. The average molecular weight is 307 g/mol. The van der Waals surface area contributed by atoms with Gasteiger partial charge in [-0.1, -0.05) is 54.6 Å². The molecule has 2 aliphatic rings. The van der Waals surface area contributed by atoms with E-state index in [4.69, 9.17) is 4.74 Å². The third-order valence-electron chi connectivity index (χ3n) is 5.20. The summed E-state index contributed by atoms with van der Waals surface area (Å²) < 4.78 is 6.64. The molecule has 0 saturated carbocycles. The number of likely N-dealkylation sites (tertiary alicyclic amines) is 1. The van der Waals surface area contributed by atoms with E-state index in [0.717, 1.165) is 25.9 Å². The number of piperidine rings is 1. The van der Waals surface area contributed by atoms with E-state index in [0.29, 0.717) is 0 Å². The maximum absolute atomic E-state index is 11.6. The zero-order valence-electron chi connectivity index (χ0n) is 13.4. The van der Waals surface area contributed by atoms with E-state index >= 15 is 0 Å². The molecule has 0 bridgehead atoms. The number of hydrogen-bond donors (Lipinski definition) is 0. The molecule has 1 amide bonds. The van der Waals surface area contributed by atoms with Crippen molar-refractivity contribution in [1.29, 1.82) is 0 Å². The van der Waals surface area contributed by atoms with Gasteiger partial charge in [0.1, 0.15) is 6.10 Å². The van der Waals surface area contributed by atoms with Crippen LogP contribution in [0.25, 0.3) is 0 Å². The number of fused-ring (bicyclic) bond motifs is 2. The number of benzene rings is 2. The first-order valence-corrected chi connectivity index (χ1v) is 8.27. The molecular formula is C20H21NO2. The molecule has 118 valence electrons. The van der Waals surface area contributed by atoms with E-state index in [-0.39, 0.29) is 17.6 Å². The van der Waals surface area contributed by atoms with Crippen LogP contribution in [0.15, 0.2) is 54.6 Å². The molecule has 3 heteroatoms. The molecule has 0 radical (unpaired) electrons. The normalized spacial score (nSPS) is 22.1. The van der Waals surface area contributed by atoms with Gasteiger partial charge in [0.15, 0.2) is 0 Å². The lowest BCUT2D eigenvalue weighted by Gasteiger charge is -2.39. The lowest BCUT2D eigenvalue weighted by Crippen LogP contribution is -2.44. The minimum absolute atomic E-state index is 0.00345. The quantitative estimate of drug-likeness (QED) is 0.805. The summed E-state index contributed by atoms with van der Waals surface area (Å²) in [7, 11) is 0. The highest BCUT2D eigenvalue weighted by atomic mass is 16.5. The summed E-state index contributed by atoms with van der Waals surface area (Å²) in [4.78, 5) is 13.5. The van der Waals surface area contributed by atoms with Gasteiger partial charge in [0.05, 0.1) is 5.60 Å². The summed E-state index contributed by atoms with van der Waals surface area (Å²) in [6.07, 6.45) is 1.73. The van der Waals surface area contributed by atoms with Crippen molar-refractivity contribution in [2.75, 3.05) is 13.1 Å². The summed E-state index contributed by atoms with van der Waals surface area (Å²) >= 11 is 0. The van der Waals surface area contributed by atoms with Gasteiger partial charge < -0.3 is 9.64 Å². The fraction of sp³-hybridized carbons (Fsp3) is 0.350. The van der Waals surface area contributed by atoms with E-state index in [1.807, 2.05) is 11.0 Å². The number of carbonyl (C=O) groups is 1. The molecule has 1 spiro atoms. The maximum Gasteiger partial charge on any atom is 0.219 e. The summed E-state index contributed by atoms with van der Waals surface area (Å²) in [5, 5.41) is 0. The van der Waals surface area contributed by atoms with Gasteiger partial charge in [-0.15, -0.1) is 0 Å². The lowest BCUT2D eigenvalue weighted by molar-refractivity contribution is -0.138. The molecular weight excluding hydrogens is 286 g/mol. The highest BCUT2D eigenvalue weighted by Gasteiger charge is 2.47. The van der Waals surface area contributed by atoms with Crippen molar-refractivity contribution in [2.24, 2.45) is 0 Å². The molecule has 2 aromatic carbocycles. The number of ether oxygens (including phenoxy) is 1. The van der Waals surface area contributed by atoms with Crippen LogP contribution < -0.4 is 0 Å². The zero-order valence-corrected chi connectivity index (χ0v) is 13.4. The summed E-state index contributed by atoms with van der Waals surface area (Å²) in [5.41, 5.74) is 3.53. The third-order valence-corrected chi connectivity index (χ3v) is 5.20. The van der Waals surface area contributed by atoms with E-state index in [9.17, 15) is 4.79 Å². The van der Waals surface area contributed by atoms with E-state index in [2.05, 4.69) is 48.5 Å². The predicted molar refractivity (Wildman–Crippen MR) is 89.0 cm³/mol. The van der Waals surface area contributed by atoms with Gasteiger partial charge in [-0.2, -0.15) is 0 Å². The van der Waals surface area contributed by atoms with E-state index < -0.39 is 0 Å². The third kappa shape index (κ3) is 2.36. The largest absolute Gasteiger partial charge is 0.357 e. The predicted octanol–water partition coefficient (Wildman–Crippen LogP) is 3.64. The first-order chi connectivity index (χ1) is 11.2. The van der Waals surface area contributed by atoms with Crippen molar-refractivity contribution < 1.29 is 9.53 Å². The Kier molecular flexibility index (Phi) is 3.46. The molecule has 0 aromatic heterocycles. The van der Waals surface area contributed by atoms with Crippen LogP contribution in [-0.4, -0.2) is 23.9 Å². The highest BCUT2D eigenvalue weighted by molar-refractivity contribution is 5.73. The number of nitrogens with zero attached hydrogens (tertiary/aromatic N) is 1. The molecule has 3 nitrogen and oxygen atoms in total. The Morgan fingerprint density at radius 3 is 2.39 bits per heavy atom. The molecule has 0 N–H and O–H groups in total. The first-order valence-electron chi connectivity index (χ1n) is 8.27.